The van der Waals surface area contributed by atoms with Gasteiger partial charge >= 0.3 is 0 Å². The minimum atomic E-state index is 0.444. The van der Waals surface area contributed by atoms with E-state index in [4.69, 9.17) is 9.40 Å². The van der Waals surface area contributed by atoms with Gasteiger partial charge in [0.25, 0.3) is 0 Å². The van der Waals surface area contributed by atoms with E-state index in [0.29, 0.717) is 29.5 Å². The maximum atomic E-state index is 9.17. The van der Waals surface area contributed by atoms with Crippen molar-refractivity contribution in [2.45, 2.75) is 44.2 Å². The van der Waals surface area contributed by atoms with Crippen molar-refractivity contribution in [2.24, 2.45) is 11.8 Å². The molecule has 3 aromatic rings. The molecule has 2 aliphatic heterocycles. The van der Waals surface area contributed by atoms with Gasteiger partial charge in [-0.15, -0.1) is 0 Å². The maximum Gasteiger partial charge on any atom is 0.134 e. The number of rotatable bonds is 3. The van der Waals surface area contributed by atoms with E-state index in [1.807, 2.05) is 36.5 Å². The Labute approximate surface area is 207 Å². The SMILES string of the molecule is N#Cc1ccc(N2CCC3C(CNC4CCCCC4CN3c3cc(-c4ccco4)ccn3)C2)cc1. The fraction of sp³-hybridized carbons (Fsp3) is 0.448. The van der Waals surface area contributed by atoms with Gasteiger partial charge in [0.2, 0.25) is 0 Å². The summed E-state index contributed by atoms with van der Waals surface area (Å²) in [7, 11) is 0. The number of nitrogens with one attached hydrogen (secondary N) is 1. The van der Waals surface area contributed by atoms with Crippen LogP contribution < -0.4 is 15.1 Å². The Morgan fingerprint density at radius 2 is 1.89 bits per heavy atom. The highest BCUT2D eigenvalue weighted by Gasteiger charge is 2.39. The summed E-state index contributed by atoms with van der Waals surface area (Å²) in [6, 6.07) is 19.5. The summed E-state index contributed by atoms with van der Waals surface area (Å²) in [6.45, 7) is 4.11. The van der Waals surface area contributed by atoms with Crippen molar-refractivity contribution in [3.63, 3.8) is 0 Å². The number of aromatic nitrogens is 1. The summed E-state index contributed by atoms with van der Waals surface area (Å²) in [4.78, 5) is 10.0. The first-order chi connectivity index (χ1) is 17.3. The average Bonchev–Trinajstić information content (AvgIpc) is 3.45. The predicted molar refractivity (Wildman–Crippen MR) is 138 cm³/mol. The van der Waals surface area contributed by atoms with E-state index in [2.05, 4.69) is 39.4 Å². The number of anilines is 2. The maximum absolute atomic E-state index is 9.17. The van der Waals surface area contributed by atoms with Gasteiger partial charge in [-0.1, -0.05) is 12.8 Å². The third-order valence-electron chi connectivity index (χ3n) is 8.28. The summed E-state index contributed by atoms with van der Waals surface area (Å²) in [5, 5.41) is 13.2. The van der Waals surface area contributed by atoms with Crippen LogP contribution in [0, 0.1) is 23.2 Å². The molecule has 35 heavy (non-hydrogen) atoms. The summed E-state index contributed by atoms with van der Waals surface area (Å²) in [6.07, 6.45) is 9.98. The van der Waals surface area contributed by atoms with E-state index in [1.54, 1.807) is 6.26 Å². The van der Waals surface area contributed by atoms with Crippen LogP contribution in [-0.2, 0) is 0 Å². The molecule has 4 unspecified atom stereocenters. The predicted octanol–water partition coefficient (Wildman–Crippen LogP) is 5.08. The second-order valence-corrected chi connectivity index (χ2v) is 10.3. The van der Waals surface area contributed by atoms with Gasteiger partial charge in [0.05, 0.1) is 17.9 Å². The van der Waals surface area contributed by atoms with Gasteiger partial charge < -0.3 is 19.5 Å². The number of hydrogen-bond donors (Lipinski definition) is 1. The van der Waals surface area contributed by atoms with Crippen LogP contribution in [0.3, 0.4) is 0 Å². The number of furan rings is 1. The van der Waals surface area contributed by atoms with E-state index in [1.165, 1.54) is 31.4 Å². The molecule has 6 rings (SSSR count). The molecule has 0 radical (unpaired) electrons. The highest BCUT2D eigenvalue weighted by atomic mass is 16.3. The number of hydrogen-bond acceptors (Lipinski definition) is 6. The Bertz CT molecular complexity index is 1170. The smallest absolute Gasteiger partial charge is 0.134 e. The van der Waals surface area contributed by atoms with Crippen LogP contribution in [0.1, 0.15) is 37.7 Å². The Kier molecular flexibility index (Phi) is 6.18. The van der Waals surface area contributed by atoms with Crippen molar-refractivity contribution in [3.8, 4) is 17.4 Å². The van der Waals surface area contributed by atoms with Crippen molar-refractivity contribution < 1.29 is 4.42 Å². The Morgan fingerprint density at radius 1 is 1.00 bits per heavy atom. The number of nitriles is 1. The molecule has 1 saturated carbocycles. The minimum Gasteiger partial charge on any atom is -0.464 e. The standard InChI is InChI=1S/C29H33N5O/c30-17-21-7-9-25(10-8-21)33-14-12-27-24(19-33)18-32-26-5-2-1-4-23(26)20-34(27)29-16-22(11-13-31-29)28-6-3-15-35-28/h3,6-11,13,15-16,23-24,26-27,32H,1-2,4-5,12,14,18-20H2. The molecule has 4 atom stereocenters. The highest BCUT2D eigenvalue weighted by molar-refractivity contribution is 5.62. The van der Waals surface area contributed by atoms with E-state index >= 15 is 0 Å². The zero-order valence-corrected chi connectivity index (χ0v) is 20.1. The number of fused-ring (bicyclic) bond motifs is 2. The molecule has 1 aliphatic carbocycles. The number of piperidine rings is 1. The van der Waals surface area contributed by atoms with Gasteiger partial charge in [-0.2, -0.15) is 5.26 Å². The van der Waals surface area contributed by atoms with E-state index in [0.717, 1.165) is 49.7 Å². The second kappa shape index (κ2) is 9.75. The summed E-state index contributed by atoms with van der Waals surface area (Å²) in [5.41, 5.74) is 3.02. The normalized spacial score (nSPS) is 26.7. The number of nitrogens with zero attached hydrogens (tertiary/aromatic N) is 4. The molecule has 1 N–H and O–H groups in total. The lowest BCUT2D eigenvalue weighted by molar-refractivity contribution is 0.202. The molecule has 180 valence electrons. The minimum absolute atomic E-state index is 0.444. The summed E-state index contributed by atoms with van der Waals surface area (Å²) < 4.78 is 5.70. The fourth-order valence-corrected chi connectivity index (χ4v) is 6.43. The van der Waals surface area contributed by atoms with Crippen molar-refractivity contribution in [1.29, 1.82) is 5.26 Å². The van der Waals surface area contributed by atoms with Crippen molar-refractivity contribution >= 4 is 11.5 Å². The Morgan fingerprint density at radius 3 is 2.71 bits per heavy atom. The molecule has 4 heterocycles. The number of pyridine rings is 1. The molecule has 2 aromatic heterocycles. The quantitative estimate of drug-likeness (QED) is 0.580. The van der Waals surface area contributed by atoms with Crippen molar-refractivity contribution in [2.75, 3.05) is 36.0 Å². The van der Waals surface area contributed by atoms with Crippen LogP contribution in [0.5, 0.6) is 0 Å². The van der Waals surface area contributed by atoms with Crippen molar-refractivity contribution in [1.82, 2.24) is 10.3 Å². The fourth-order valence-electron chi connectivity index (χ4n) is 6.43. The van der Waals surface area contributed by atoms with Gasteiger partial charge in [0.1, 0.15) is 11.6 Å². The lowest BCUT2D eigenvalue weighted by Crippen LogP contribution is -2.60. The molecule has 3 fully saturated rings. The molecule has 2 saturated heterocycles. The molecular formula is C29H33N5O. The third kappa shape index (κ3) is 4.53. The van der Waals surface area contributed by atoms with Crippen molar-refractivity contribution in [3.05, 3.63) is 66.6 Å². The Hall–Kier alpha value is -3.30. The van der Waals surface area contributed by atoms with Crippen LogP contribution in [0.25, 0.3) is 11.3 Å². The van der Waals surface area contributed by atoms with Gasteiger partial charge in [-0.25, -0.2) is 4.98 Å². The Balaban J connectivity index is 1.30. The molecule has 3 aliphatic rings. The molecule has 0 amide bonds. The molecule has 0 bridgehead atoms. The zero-order chi connectivity index (χ0) is 23.6. The van der Waals surface area contributed by atoms with Crippen LogP contribution in [0.4, 0.5) is 11.5 Å². The van der Waals surface area contributed by atoms with Crippen LogP contribution >= 0.6 is 0 Å². The van der Waals surface area contributed by atoms with Crippen LogP contribution in [0.2, 0.25) is 0 Å². The van der Waals surface area contributed by atoms with Crippen LogP contribution in [0.15, 0.2) is 65.4 Å². The van der Waals surface area contributed by atoms with Gasteiger partial charge in [0.15, 0.2) is 0 Å². The third-order valence-corrected chi connectivity index (χ3v) is 8.28. The van der Waals surface area contributed by atoms with Gasteiger partial charge in [-0.3, -0.25) is 0 Å². The largest absolute Gasteiger partial charge is 0.464 e. The monoisotopic (exact) mass is 467 g/mol. The first kappa shape index (κ1) is 22.2. The highest BCUT2D eigenvalue weighted by Crippen LogP contribution is 2.36. The first-order valence-electron chi connectivity index (χ1n) is 13.0. The van der Waals surface area contributed by atoms with Gasteiger partial charge in [-0.05, 0) is 73.7 Å². The molecular weight excluding hydrogens is 434 g/mol. The second-order valence-electron chi connectivity index (χ2n) is 10.3. The zero-order valence-electron chi connectivity index (χ0n) is 20.1. The molecule has 6 nitrogen and oxygen atoms in total. The van der Waals surface area contributed by atoms with Gasteiger partial charge in [0, 0.05) is 61.6 Å². The summed E-state index contributed by atoms with van der Waals surface area (Å²) in [5.74, 6) is 3.13. The molecule has 6 heteroatoms. The van der Waals surface area contributed by atoms with E-state index in [9.17, 15) is 5.26 Å². The topological polar surface area (TPSA) is 68.3 Å². The van der Waals surface area contributed by atoms with Crippen LogP contribution in [-0.4, -0.2) is 43.2 Å². The lowest BCUT2D eigenvalue weighted by Gasteiger charge is -2.50. The lowest BCUT2D eigenvalue weighted by atomic mass is 9.80. The summed E-state index contributed by atoms with van der Waals surface area (Å²) >= 11 is 0. The molecule has 1 aromatic carbocycles. The van der Waals surface area contributed by atoms with E-state index < -0.39 is 0 Å². The average molecular weight is 468 g/mol. The first-order valence-corrected chi connectivity index (χ1v) is 13.0. The number of benzene rings is 1. The molecule has 0 spiro atoms. The van der Waals surface area contributed by atoms with E-state index in [-0.39, 0.29) is 0 Å².